The van der Waals surface area contributed by atoms with Crippen molar-refractivity contribution >= 4 is 5.91 Å². The fourth-order valence-electron chi connectivity index (χ4n) is 2.73. The van der Waals surface area contributed by atoms with Gasteiger partial charge in [0, 0.05) is 18.2 Å². The van der Waals surface area contributed by atoms with E-state index in [-0.39, 0.29) is 5.91 Å². The number of amides is 1. The number of benzene rings is 1. The van der Waals surface area contributed by atoms with Gasteiger partial charge in [-0.3, -0.25) is 4.79 Å². The fraction of sp³-hybridized carbons (Fsp3) is 0.533. The SMILES string of the molecule is CC1(C)CCCC1NCc1ccc(C(N)=O)cc1. The molecule has 3 N–H and O–H groups in total. The van der Waals surface area contributed by atoms with Gasteiger partial charge in [-0.05, 0) is 36.0 Å². The van der Waals surface area contributed by atoms with Crippen LogP contribution in [0.3, 0.4) is 0 Å². The summed E-state index contributed by atoms with van der Waals surface area (Å²) in [6.07, 6.45) is 3.86. The van der Waals surface area contributed by atoms with Gasteiger partial charge in [0.1, 0.15) is 0 Å². The third-order valence-corrected chi connectivity index (χ3v) is 4.05. The highest BCUT2D eigenvalue weighted by atomic mass is 16.1. The van der Waals surface area contributed by atoms with Crippen LogP contribution in [0.1, 0.15) is 49.0 Å². The Kier molecular flexibility index (Phi) is 3.71. The van der Waals surface area contributed by atoms with Crippen molar-refractivity contribution in [1.29, 1.82) is 0 Å². The minimum absolute atomic E-state index is 0.369. The zero-order valence-corrected chi connectivity index (χ0v) is 11.2. The molecule has 0 saturated heterocycles. The third-order valence-electron chi connectivity index (χ3n) is 4.05. The molecule has 0 aromatic heterocycles. The van der Waals surface area contributed by atoms with Crippen molar-refractivity contribution in [1.82, 2.24) is 5.32 Å². The molecule has 1 saturated carbocycles. The lowest BCUT2D eigenvalue weighted by atomic mass is 9.87. The van der Waals surface area contributed by atoms with E-state index >= 15 is 0 Å². The van der Waals surface area contributed by atoms with Gasteiger partial charge in [-0.25, -0.2) is 0 Å². The number of carbonyl (C=O) groups excluding carboxylic acids is 1. The maximum Gasteiger partial charge on any atom is 0.248 e. The molecule has 0 aliphatic heterocycles. The second-order valence-corrected chi connectivity index (χ2v) is 5.88. The molecule has 0 radical (unpaired) electrons. The second-order valence-electron chi connectivity index (χ2n) is 5.88. The average molecular weight is 246 g/mol. The van der Waals surface area contributed by atoms with E-state index in [0.29, 0.717) is 17.0 Å². The molecule has 1 aliphatic carbocycles. The Bertz CT molecular complexity index is 423. The second kappa shape index (κ2) is 5.11. The van der Waals surface area contributed by atoms with Crippen LogP contribution in [0, 0.1) is 5.41 Å². The molecule has 1 unspecified atom stereocenters. The van der Waals surface area contributed by atoms with E-state index in [2.05, 4.69) is 19.2 Å². The zero-order chi connectivity index (χ0) is 13.2. The lowest BCUT2D eigenvalue weighted by Crippen LogP contribution is -2.37. The van der Waals surface area contributed by atoms with Gasteiger partial charge in [-0.15, -0.1) is 0 Å². The van der Waals surface area contributed by atoms with Gasteiger partial charge in [0.05, 0.1) is 0 Å². The van der Waals surface area contributed by atoms with Crippen LogP contribution in [-0.4, -0.2) is 11.9 Å². The van der Waals surface area contributed by atoms with Crippen molar-refractivity contribution in [2.75, 3.05) is 0 Å². The monoisotopic (exact) mass is 246 g/mol. The van der Waals surface area contributed by atoms with Crippen LogP contribution in [0.2, 0.25) is 0 Å². The van der Waals surface area contributed by atoms with Crippen molar-refractivity contribution in [3.05, 3.63) is 35.4 Å². The maximum absolute atomic E-state index is 11.0. The molecule has 1 amide bonds. The molecule has 1 aliphatic rings. The van der Waals surface area contributed by atoms with Crippen LogP contribution in [0.25, 0.3) is 0 Å². The normalized spacial score (nSPS) is 22.0. The van der Waals surface area contributed by atoms with E-state index in [1.807, 2.05) is 12.1 Å². The van der Waals surface area contributed by atoms with Gasteiger partial charge >= 0.3 is 0 Å². The Morgan fingerprint density at radius 1 is 1.39 bits per heavy atom. The van der Waals surface area contributed by atoms with Crippen LogP contribution in [0.4, 0.5) is 0 Å². The summed E-state index contributed by atoms with van der Waals surface area (Å²) in [4.78, 5) is 11.0. The van der Waals surface area contributed by atoms with Gasteiger partial charge in [0.25, 0.3) is 0 Å². The Morgan fingerprint density at radius 2 is 2.06 bits per heavy atom. The summed E-state index contributed by atoms with van der Waals surface area (Å²) in [5.41, 5.74) is 7.38. The number of hydrogen-bond acceptors (Lipinski definition) is 2. The smallest absolute Gasteiger partial charge is 0.248 e. The van der Waals surface area contributed by atoms with Crippen LogP contribution in [-0.2, 0) is 6.54 Å². The van der Waals surface area contributed by atoms with Gasteiger partial charge in [-0.1, -0.05) is 32.4 Å². The van der Waals surface area contributed by atoms with Crippen molar-refractivity contribution in [2.45, 2.75) is 45.7 Å². The molecule has 1 atom stereocenters. The number of nitrogens with two attached hydrogens (primary N) is 1. The number of nitrogens with one attached hydrogen (secondary N) is 1. The standard InChI is InChI=1S/C15H22N2O/c1-15(2)9-3-4-13(15)17-10-11-5-7-12(8-6-11)14(16)18/h5-8,13,17H,3-4,9-10H2,1-2H3,(H2,16,18). The number of primary amides is 1. The van der Waals surface area contributed by atoms with Crippen LogP contribution < -0.4 is 11.1 Å². The quantitative estimate of drug-likeness (QED) is 0.857. The summed E-state index contributed by atoms with van der Waals surface area (Å²) in [6, 6.07) is 8.11. The maximum atomic E-state index is 11.0. The van der Waals surface area contributed by atoms with E-state index in [1.165, 1.54) is 24.8 Å². The van der Waals surface area contributed by atoms with Crippen LogP contribution >= 0.6 is 0 Å². The zero-order valence-electron chi connectivity index (χ0n) is 11.2. The van der Waals surface area contributed by atoms with Crippen molar-refractivity contribution < 1.29 is 4.79 Å². The molecule has 3 heteroatoms. The molecule has 3 nitrogen and oxygen atoms in total. The summed E-state index contributed by atoms with van der Waals surface area (Å²) in [5, 5.41) is 3.62. The summed E-state index contributed by atoms with van der Waals surface area (Å²) in [7, 11) is 0. The molecule has 2 rings (SSSR count). The largest absolute Gasteiger partial charge is 0.366 e. The fourth-order valence-corrected chi connectivity index (χ4v) is 2.73. The lowest BCUT2D eigenvalue weighted by molar-refractivity contribution is 0.100. The summed E-state index contributed by atoms with van der Waals surface area (Å²) < 4.78 is 0. The first kappa shape index (κ1) is 13.1. The minimum atomic E-state index is -0.369. The molecule has 0 bridgehead atoms. The molecular weight excluding hydrogens is 224 g/mol. The van der Waals surface area contributed by atoms with E-state index in [4.69, 9.17) is 5.73 Å². The summed E-state index contributed by atoms with van der Waals surface area (Å²) >= 11 is 0. The predicted molar refractivity (Wildman–Crippen MR) is 73.2 cm³/mol. The van der Waals surface area contributed by atoms with Crippen molar-refractivity contribution in [2.24, 2.45) is 11.1 Å². The number of carbonyl (C=O) groups is 1. The molecule has 0 spiro atoms. The molecule has 1 fully saturated rings. The van der Waals surface area contributed by atoms with Crippen molar-refractivity contribution in [3.63, 3.8) is 0 Å². The Labute approximate surface area is 109 Å². The molecule has 18 heavy (non-hydrogen) atoms. The van der Waals surface area contributed by atoms with E-state index in [9.17, 15) is 4.79 Å². The highest BCUT2D eigenvalue weighted by Crippen LogP contribution is 2.37. The van der Waals surface area contributed by atoms with Crippen LogP contribution in [0.15, 0.2) is 24.3 Å². The Balaban J connectivity index is 1.92. The molecule has 0 heterocycles. The minimum Gasteiger partial charge on any atom is -0.366 e. The van der Waals surface area contributed by atoms with Gasteiger partial charge < -0.3 is 11.1 Å². The molecule has 1 aromatic carbocycles. The topological polar surface area (TPSA) is 55.1 Å². The predicted octanol–water partition coefficient (Wildman–Crippen LogP) is 2.45. The van der Waals surface area contributed by atoms with E-state index < -0.39 is 0 Å². The first-order chi connectivity index (χ1) is 8.49. The average Bonchev–Trinajstić information content (AvgIpc) is 2.66. The Hall–Kier alpha value is -1.35. The first-order valence-electron chi connectivity index (χ1n) is 6.61. The molecule has 1 aromatic rings. The highest BCUT2D eigenvalue weighted by molar-refractivity contribution is 5.92. The van der Waals surface area contributed by atoms with Gasteiger partial charge in [0.15, 0.2) is 0 Å². The van der Waals surface area contributed by atoms with Crippen LogP contribution in [0.5, 0.6) is 0 Å². The highest BCUT2D eigenvalue weighted by Gasteiger charge is 2.33. The van der Waals surface area contributed by atoms with Crippen molar-refractivity contribution in [3.8, 4) is 0 Å². The Morgan fingerprint density at radius 3 is 2.56 bits per heavy atom. The number of rotatable bonds is 4. The molecular formula is C15H22N2O. The number of hydrogen-bond donors (Lipinski definition) is 2. The van der Waals surface area contributed by atoms with Gasteiger partial charge in [-0.2, -0.15) is 0 Å². The first-order valence-corrected chi connectivity index (χ1v) is 6.61. The van der Waals surface area contributed by atoms with E-state index in [0.717, 1.165) is 6.54 Å². The summed E-state index contributed by atoms with van der Waals surface area (Å²) in [6.45, 7) is 5.51. The lowest BCUT2D eigenvalue weighted by Gasteiger charge is -2.28. The third kappa shape index (κ3) is 2.91. The summed E-state index contributed by atoms with van der Waals surface area (Å²) in [5.74, 6) is -0.369. The molecule has 98 valence electrons. The van der Waals surface area contributed by atoms with Gasteiger partial charge in [0.2, 0.25) is 5.91 Å². The van der Waals surface area contributed by atoms with E-state index in [1.54, 1.807) is 12.1 Å².